The molecule has 6 heteroatoms. The fourth-order valence-electron chi connectivity index (χ4n) is 2.88. The summed E-state index contributed by atoms with van der Waals surface area (Å²) < 4.78 is 5.32. The quantitative estimate of drug-likeness (QED) is 0.855. The summed E-state index contributed by atoms with van der Waals surface area (Å²) >= 11 is 1.86. The zero-order valence-electron chi connectivity index (χ0n) is 12.4. The number of carbonyl (C=O) groups is 1. The first-order valence-corrected chi connectivity index (χ1v) is 8.50. The van der Waals surface area contributed by atoms with Crippen LogP contribution in [0.1, 0.15) is 17.4 Å². The highest BCUT2D eigenvalue weighted by Gasteiger charge is 2.24. The maximum Gasteiger partial charge on any atom is 0.239 e. The molecule has 116 valence electrons. The van der Waals surface area contributed by atoms with E-state index in [1.165, 1.54) is 10.4 Å². The van der Waals surface area contributed by atoms with E-state index in [0.29, 0.717) is 25.8 Å². The van der Waals surface area contributed by atoms with E-state index in [0.717, 1.165) is 26.1 Å². The number of ether oxygens (including phenoxy) is 1. The molecule has 2 aliphatic heterocycles. The second-order valence-electron chi connectivity index (χ2n) is 5.77. The van der Waals surface area contributed by atoms with Gasteiger partial charge in [0, 0.05) is 37.1 Å². The average molecular weight is 309 g/mol. The Bertz CT molecular complexity index is 485. The number of rotatable bonds is 4. The van der Waals surface area contributed by atoms with Gasteiger partial charge < -0.3 is 15.4 Å². The molecule has 2 atom stereocenters. The predicted molar refractivity (Wildman–Crippen MR) is 83.5 cm³/mol. The largest absolute Gasteiger partial charge is 0.378 e. The van der Waals surface area contributed by atoms with Gasteiger partial charge in [-0.3, -0.25) is 9.69 Å². The lowest BCUT2D eigenvalue weighted by Crippen LogP contribution is -2.53. The van der Waals surface area contributed by atoms with Gasteiger partial charge in [0.25, 0.3) is 0 Å². The standard InChI is InChI=1S/C15H23N3O2S/c1-11(8-17-15(19)13-10-20-6-4-16-13)18-5-2-14-12(9-18)3-7-21-14/h3,7,11,13,16H,2,4-6,8-10H2,1H3,(H,17,19). The van der Waals surface area contributed by atoms with Crippen LogP contribution < -0.4 is 10.6 Å². The Hall–Kier alpha value is -0.950. The van der Waals surface area contributed by atoms with E-state index in [1.807, 2.05) is 11.3 Å². The third kappa shape index (κ3) is 3.63. The van der Waals surface area contributed by atoms with Gasteiger partial charge in [-0.05, 0) is 30.4 Å². The minimum Gasteiger partial charge on any atom is -0.378 e. The van der Waals surface area contributed by atoms with E-state index in [9.17, 15) is 4.79 Å². The minimum atomic E-state index is -0.198. The number of hydrogen-bond donors (Lipinski definition) is 2. The molecule has 2 aliphatic rings. The summed E-state index contributed by atoms with van der Waals surface area (Å²) in [5.74, 6) is 0.0507. The third-order valence-electron chi connectivity index (χ3n) is 4.27. The van der Waals surface area contributed by atoms with Crippen molar-refractivity contribution in [3.05, 3.63) is 21.9 Å². The highest BCUT2D eigenvalue weighted by molar-refractivity contribution is 7.10. The third-order valence-corrected chi connectivity index (χ3v) is 5.29. The van der Waals surface area contributed by atoms with Crippen molar-refractivity contribution in [2.24, 2.45) is 0 Å². The van der Waals surface area contributed by atoms with Gasteiger partial charge >= 0.3 is 0 Å². The smallest absolute Gasteiger partial charge is 0.239 e. The van der Waals surface area contributed by atoms with Crippen LogP contribution in [0.15, 0.2) is 11.4 Å². The summed E-state index contributed by atoms with van der Waals surface area (Å²) in [4.78, 5) is 16.0. The number of amides is 1. The molecule has 2 unspecified atom stereocenters. The first kappa shape index (κ1) is 15.0. The van der Waals surface area contributed by atoms with Gasteiger partial charge in [-0.1, -0.05) is 0 Å². The van der Waals surface area contributed by atoms with E-state index in [-0.39, 0.29) is 11.9 Å². The zero-order valence-corrected chi connectivity index (χ0v) is 13.2. The second kappa shape index (κ2) is 6.87. The van der Waals surface area contributed by atoms with Crippen LogP contribution in [0.25, 0.3) is 0 Å². The SMILES string of the molecule is CC(CNC(=O)C1COCCN1)N1CCc2sccc2C1. The number of thiophene rings is 1. The highest BCUT2D eigenvalue weighted by Crippen LogP contribution is 2.24. The Morgan fingerprint density at radius 3 is 3.38 bits per heavy atom. The summed E-state index contributed by atoms with van der Waals surface area (Å²) in [6.07, 6.45) is 1.13. The van der Waals surface area contributed by atoms with Crippen molar-refractivity contribution in [1.29, 1.82) is 0 Å². The molecule has 0 aliphatic carbocycles. The van der Waals surface area contributed by atoms with Gasteiger partial charge in [-0.15, -0.1) is 11.3 Å². The van der Waals surface area contributed by atoms with Gasteiger partial charge in [0.1, 0.15) is 6.04 Å². The monoisotopic (exact) mass is 309 g/mol. The minimum absolute atomic E-state index is 0.0507. The molecule has 0 aromatic carbocycles. The fraction of sp³-hybridized carbons (Fsp3) is 0.667. The number of fused-ring (bicyclic) bond motifs is 1. The van der Waals surface area contributed by atoms with Crippen LogP contribution in [0.2, 0.25) is 0 Å². The summed E-state index contributed by atoms with van der Waals surface area (Å²) in [6.45, 7) is 6.87. The molecule has 2 N–H and O–H groups in total. The average Bonchev–Trinajstić information content (AvgIpc) is 3.00. The molecule has 0 bridgehead atoms. The van der Waals surface area contributed by atoms with E-state index in [4.69, 9.17) is 4.74 Å². The molecular formula is C15H23N3O2S. The van der Waals surface area contributed by atoms with Gasteiger partial charge in [-0.25, -0.2) is 0 Å². The highest BCUT2D eigenvalue weighted by atomic mass is 32.1. The molecule has 3 heterocycles. The van der Waals surface area contributed by atoms with Crippen LogP contribution in [-0.4, -0.2) is 55.7 Å². The van der Waals surface area contributed by atoms with Gasteiger partial charge in [0.15, 0.2) is 0 Å². The second-order valence-corrected chi connectivity index (χ2v) is 6.77. The summed E-state index contributed by atoms with van der Waals surface area (Å²) in [5.41, 5.74) is 1.45. The van der Waals surface area contributed by atoms with Gasteiger partial charge in [-0.2, -0.15) is 0 Å². The molecule has 5 nitrogen and oxygen atoms in total. The Labute approximate surface area is 129 Å². The van der Waals surface area contributed by atoms with Crippen LogP contribution >= 0.6 is 11.3 Å². The molecule has 1 aromatic heterocycles. The maximum absolute atomic E-state index is 12.1. The van der Waals surface area contributed by atoms with Crippen LogP contribution in [0.4, 0.5) is 0 Å². The van der Waals surface area contributed by atoms with Crippen molar-refractivity contribution in [3.63, 3.8) is 0 Å². The molecule has 0 spiro atoms. The lowest BCUT2D eigenvalue weighted by atomic mass is 10.1. The van der Waals surface area contributed by atoms with Crippen LogP contribution in [0.5, 0.6) is 0 Å². The lowest BCUT2D eigenvalue weighted by Gasteiger charge is -2.33. The van der Waals surface area contributed by atoms with Crippen molar-refractivity contribution < 1.29 is 9.53 Å². The summed E-state index contributed by atoms with van der Waals surface area (Å²) in [5, 5.41) is 8.41. The van der Waals surface area contributed by atoms with Gasteiger partial charge in [0.05, 0.1) is 13.2 Å². The van der Waals surface area contributed by atoms with E-state index < -0.39 is 0 Å². The Kier molecular flexibility index (Phi) is 4.90. The maximum atomic E-state index is 12.1. The number of hydrogen-bond acceptors (Lipinski definition) is 5. The van der Waals surface area contributed by atoms with Gasteiger partial charge in [0.2, 0.25) is 5.91 Å². The van der Waals surface area contributed by atoms with E-state index in [2.05, 4.69) is 33.9 Å². The van der Waals surface area contributed by atoms with Crippen molar-refractivity contribution in [3.8, 4) is 0 Å². The Morgan fingerprint density at radius 1 is 1.67 bits per heavy atom. The first-order valence-electron chi connectivity index (χ1n) is 7.62. The lowest BCUT2D eigenvalue weighted by molar-refractivity contribution is -0.126. The molecule has 1 fully saturated rings. The van der Waals surface area contributed by atoms with Crippen LogP contribution in [0.3, 0.4) is 0 Å². The van der Waals surface area contributed by atoms with E-state index in [1.54, 1.807) is 0 Å². The van der Waals surface area contributed by atoms with Crippen molar-refractivity contribution in [2.75, 3.05) is 32.8 Å². The zero-order chi connectivity index (χ0) is 14.7. The fourth-order valence-corrected chi connectivity index (χ4v) is 3.77. The molecule has 3 rings (SSSR count). The summed E-state index contributed by atoms with van der Waals surface area (Å²) in [7, 11) is 0. The van der Waals surface area contributed by atoms with Crippen molar-refractivity contribution in [2.45, 2.75) is 32.0 Å². The normalized spacial score (nSPS) is 24.3. The number of morpholine rings is 1. The number of nitrogens with zero attached hydrogens (tertiary/aromatic N) is 1. The molecule has 21 heavy (non-hydrogen) atoms. The first-order chi connectivity index (χ1) is 10.2. The van der Waals surface area contributed by atoms with E-state index >= 15 is 0 Å². The molecule has 0 saturated carbocycles. The number of carbonyl (C=O) groups excluding carboxylic acids is 1. The Balaban J connectivity index is 1.46. The predicted octanol–water partition coefficient (Wildman–Crippen LogP) is 0.599. The molecule has 1 saturated heterocycles. The Morgan fingerprint density at radius 2 is 2.57 bits per heavy atom. The van der Waals surface area contributed by atoms with Crippen molar-refractivity contribution >= 4 is 17.2 Å². The van der Waals surface area contributed by atoms with Crippen molar-refractivity contribution in [1.82, 2.24) is 15.5 Å². The topological polar surface area (TPSA) is 53.6 Å². The molecule has 1 aromatic rings. The number of nitrogens with one attached hydrogen (secondary N) is 2. The van der Waals surface area contributed by atoms with Crippen LogP contribution in [0, 0.1) is 0 Å². The molecular weight excluding hydrogens is 286 g/mol. The molecule has 0 radical (unpaired) electrons. The summed E-state index contributed by atoms with van der Waals surface area (Å²) in [6, 6.07) is 2.38. The van der Waals surface area contributed by atoms with Crippen LogP contribution in [-0.2, 0) is 22.5 Å². The molecule has 1 amide bonds.